The van der Waals surface area contributed by atoms with Crippen LogP contribution >= 0.6 is 23.2 Å². The number of carbonyl (C=O) groups excluding carboxylic acids is 1. The topological polar surface area (TPSA) is 84.2 Å². The molecule has 0 aliphatic carbocycles. The number of aryl methyl sites for hydroxylation is 2. The highest BCUT2D eigenvalue weighted by atomic mass is 35.5. The molecule has 0 unspecified atom stereocenters. The molecule has 0 saturated heterocycles. The lowest BCUT2D eigenvalue weighted by Crippen LogP contribution is -2.16. The smallest absolute Gasteiger partial charge is 0.335 e. The van der Waals surface area contributed by atoms with Gasteiger partial charge in [-0.05, 0) is 25.1 Å². The second-order valence-electron chi connectivity index (χ2n) is 4.37. The number of hydrogen-bond donors (Lipinski definition) is 2. The van der Waals surface area contributed by atoms with Crippen molar-refractivity contribution in [2.75, 3.05) is 5.32 Å². The standard InChI is InChI=1S/C13H11Cl2N3O3/c1-6-3-10(18(2)17-6)12(19)16-11-8(14)4-7(13(20)21)5-9(11)15/h3-5H,1-2H3,(H,16,19)(H,20,21). The SMILES string of the molecule is Cc1cc(C(=O)Nc2c(Cl)cc(C(=O)O)cc2Cl)n(C)n1. The fourth-order valence-corrected chi connectivity index (χ4v) is 2.40. The van der Waals surface area contributed by atoms with Crippen LogP contribution in [0, 0.1) is 6.92 Å². The molecule has 0 aliphatic heterocycles. The lowest BCUT2D eigenvalue weighted by Gasteiger charge is -2.10. The summed E-state index contributed by atoms with van der Waals surface area (Å²) in [5, 5.41) is 15.6. The van der Waals surface area contributed by atoms with E-state index in [1.807, 2.05) is 0 Å². The third-order valence-corrected chi connectivity index (χ3v) is 3.36. The molecule has 2 aromatic rings. The minimum atomic E-state index is -1.15. The monoisotopic (exact) mass is 327 g/mol. The van der Waals surface area contributed by atoms with E-state index in [0.29, 0.717) is 11.4 Å². The van der Waals surface area contributed by atoms with Crippen molar-refractivity contribution in [1.82, 2.24) is 9.78 Å². The molecule has 1 aromatic heterocycles. The van der Waals surface area contributed by atoms with Gasteiger partial charge in [0.1, 0.15) is 5.69 Å². The summed E-state index contributed by atoms with van der Waals surface area (Å²) in [4.78, 5) is 23.1. The third kappa shape index (κ3) is 3.17. The predicted molar refractivity (Wildman–Crippen MR) is 79.3 cm³/mol. The number of carbonyl (C=O) groups is 2. The van der Waals surface area contributed by atoms with Gasteiger partial charge in [0.2, 0.25) is 0 Å². The maximum Gasteiger partial charge on any atom is 0.335 e. The first-order valence-corrected chi connectivity index (χ1v) is 6.59. The predicted octanol–water partition coefficient (Wildman–Crippen LogP) is 2.99. The first kappa shape index (κ1) is 15.3. The summed E-state index contributed by atoms with van der Waals surface area (Å²) in [5.74, 6) is -1.59. The lowest BCUT2D eigenvalue weighted by atomic mass is 10.2. The maximum absolute atomic E-state index is 12.2. The molecular weight excluding hydrogens is 317 g/mol. The Morgan fingerprint density at radius 3 is 2.24 bits per heavy atom. The molecule has 1 heterocycles. The van der Waals surface area contributed by atoms with Crippen molar-refractivity contribution in [3.63, 3.8) is 0 Å². The quantitative estimate of drug-likeness (QED) is 0.907. The molecule has 6 nitrogen and oxygen atoms in total. The van der Waals surface area contributed by atoms with E-state index in [-0.39, 0.29) is 21.3 Å². The Morgan fingerprint density at radius 1 is 1.24 bits per heavy atom. The van der Waals surface area contributed by atoms with Gasteiger partial charge in [0.15, 0.2) is 0 Å². The van der Waals surface area contributed by atoms with E-state index in [9.17, 15) is 9.59 Å². The minimum absolute atomic E-state index is 0.0483. The van der Waals surface area contributed by atoms with Crippen LogP contribution in [0.5, 0.6) is 0 Å². The van der Waals surface area contributed by atoms with Gasteiger partial charge in [-0.15, -0.1) is 0 Å². The Bertz CT molecular complexity index is 717. The van der Waals surface area contributed by atoms with Crippen LogP contribution in [0.1, 0.15) is 26.5 Å². The summed E-state index contributed by atoms with van der Waals surface area (Å²) in [5.41, 5.74) is 1.13. The van der Waals surface area contributed by atoms with Gasteiger partial charge in [0, 0.05) is 7.05 Å². The van der Waals surface area contributed by atoms with Gasteiger partial charge in [-0.1, -0.05) is 23.2 Å². The highest BCUT2D eigenvalue weighted by Crippen LogP contribution is 2.32. The van der Waals surface area contributed by atoms with Crippen LogP contribution in [0.3, 0.4) is 0 Å². The van der Waals surface area contributed by atoms with Crippen LogP contribution in [-0.4, -0.2) is 26.8 Å². The van der Waals surface area contributed by atoms with E-state index in [0.717, 1.165) is 0 Å². The van der Waals surface area contributed by atoms with Crippen LogP contribution in [0.2, 0.25) is 10.0 Å². The molecule has 0 atom stereocenters. The molecule has 2 N–H and O–H groups in total. The number of hydrogen-bond acceptors (Lipinski definition) is 3. The maximum atomic E-state index is 12.2. The van der Waals surface area contributed by atoms with Crippen LogP contribution in [0.15, 0.2) is 18.2 Å². The molecule has 0 bridgehead atoms. The van der Waals surface area contributed by atoms with Crippen molar-refractivity contribution in [3.05, 3.63) is 45.2 Å². The molecule has 0 spiro atoms. The first-order valence-electron chi connectivity index (χ1n) is 5.84. The Hall–Kier alpha value is -2.05. The number of nitrogens with zero attached hydrogens (tertiary/aromatic N) is 2. The Balaban J connectivity index is 2.34. The number of aromatic carboxylic acids is 1. The number of rotatable bonds is 3. The molecular formula is C13H11Cl2N3O3. The minimum Gasteiger partial charge on any atom is -0.478 e. The normalized spacial score (nSPS) is 10.5. The van der Waals surface area contributed by atoms with Crippen LogP contribution in [-0.2, 0) is 7.05 Å². The van der Waals surface area contributed by atoms with Gasteiger partial charge in [-0.25, -0.2) is 4.79 Å². The zero-order valence-electron chi connectivity index (χ0n) is 11.1. The van der Waals surface area contributed by atoms with Crippen molar-refractivity contribution in [2.24, 2.45) is 7.05 Å². The number of anilines is 1. The van der Waals surface area contributed by atoms with Gasteiger partial charge < -0.3 is 10.4 Å². The van der Waals surface area contributed by atoms with Crippen molar-refractivity contribution in [2.45, 2.75) is 6.92 Å². The fourth-order valence-electron chi connectivity index (χ4n) is 1.82. The second kappa shape index (κ2) is 5.75. The molecule has 8 heteroatoms. The summed E-state index contributed by atoms with van der Waals surface area (Å²) >= 11 is 11.9. The second-order valence-corrected chi connectivity index (χ2v) is 5.18. The summed E-state index contributed by atoms with van der Waals surface area (Å²) in [6, 6.07) is 4.06. The molecule has 1 amide bonds. The van der Waals surface area contributed by atoms with Crippen LogP contribution < -0.4 is 5.32 Å². The summed E-state index contributed by atoms with van der Waals surface area (Å²) in [7, 11) is 1.64. The van der Waals surface area contributed by atoms with E-state index in [1.165, 1.54) is 16.8 Å². The van der Waals surface area contributed by atoms with E-state index >= 15 is 0 Å². The summed E-state index contributed by atoms with van der Waals surface area (Å²) < 4.78 is 1.43. The average Bonchev–Trinajstić information content (AvgIpc) is 2.72. The molecule has 0 aliphatic rings. The molecule has 0 saturated carbocycles. The molecule has 21 heavy (non-hydrogen) atoms. The molecule has 110 valence electrons. The summed E-state index contributed by atoms with van der Waals surface area (Å²) in [6.45, 7) is 1.76. The zero-order valence-corrected chi connectivity index (χ0v) is 12.7. The van der Waals surface area contributed by atoms with Crippen molar-refractivity contribution in [3.8, 4) is 0 Å². The average molecular weight is 328 g/mol. The van der Waals surface area contributed by atoms with E-state index in [4.69, 9.17) is 28.3 Å². The van der Waals surface area contributed by atoms with Crippen molar-refractivity contribution in [1.29, 1.82) is 0 Å². The van der Waals surface area contributed by atoms with Gasteiger partial charge >= 0.3 is 5.97 Å². The molecule has 2 rings (SSSR count). The van der Waals surface area contributed by atoms with Gasteiger partial charge in [0.25, 0.3) is 5.91 Å². The third-order valence-electron chi connectivity index (χ3n) is 2.76. The molecule has 0 radical (unpaired) electrons. The number of aromatic nitrogens is 2. The first-order chi connectivity index (χ1) is 9.79. The zero-order chi connectivity index (χ0) is 15.7. The molecule has 1 aromatic carbocycles. The number of halogens is 2. The highest BCUT2D eigenvalue weighted by Gasteiger charge is 2.17. The van der Waals surface area contributed by atoms with E-state index in [2.05, 4.69) is 10.4 Å². The van der Waals surface area contributed by atoms with Crippen LogP contribution in [0.4, 0.5) is 5.69 Å². The van der Waals surface area contributed by atoms with Crippen LogP contribution in [0.25, 0.3) is 0 Å². The number of amides is 1. The number of nitrogens with one attached hydrogen (secondary N) is 1. The Kier molecular flexibility index (Phi) is 4.20. The summed E-state index contributed by atoms with van der Waals surface area (Å²) in [6.07, 6.45) is 0. The largest absolute Gasteiger partial charge is 0.478 e. The highest BCUT2D eigenvalue weighted by molar-refractivity contribution is 6.40. The van der Waals surface area contributed by atoms with E-state index in [1.54, 1.807) is 20.0 Å². The van der Waals surface area contributed by atoms with Gasteiger partial charge in [0.05, 0.1) is 27.0 Å². The van der Waals surface area contributed by atoms with E-state index < -0.39 is 11.9 Å². The number of benzene rings is 1. The van der Waals surface area contributed by atoms with Gasteiger partial charge in [-0.2, -0.15) is 5.10 Å². The Morgan fingerprint density at radius 2 is 1.81 bits per heavy atom. The van der Waals surface area contributed by atoms with Crippen molar-refractivity contribution < 1.29 is 14.7 Å². The van der Waals surface area contributed by atoms with Crippen molar-refractivity contribution >= 4 is 40.8 Å². The molecule has 0 fully saturated rings. The Labute approximate surface area is 130 Å². The fraction of sp³-hybridized carbons (Fsp3) is 0.154. The number of carboxylic acids is 1. The van der Waals surface area contributed by atoms with Gasteiger partial charge in [-0.3, -0.25) is 9.48 Å². The number of carboxylic acid groups (broad SMARTS) is 1. The lowest BCUT2D eigenvalue weighted by molar-refractivity contribution is 0.0696.